The van der Waals surface area contributed by atoms with Crippen LogP contribution in [0.1, 0.15) is 23.5 Å². The highest BCUT2D eigenvalue weighted by Crippen LogP contribution is 2.38. The molecule has 1 aromatic carbocycles. The Labute approximate surface area is 218 Å². The van der Waals surface area contributed by atoms with Crippen LogP contribution in [0.4, 0.5) is 13.2 Å². The largest absolute Gasteiger partial charge is 0.480 e. The summed E-state index contributed by atoms with van der Waals surface area (Å²) in [7, 11) is 0. The van der Waals surface area contributed by atoms with Gasteiger partial charge < -0.3 is 19.9 Å². The molecule has 1 unspecified atom stereocenters. The van der Waals surface area contributed by atoms with Crippen molar-refractivity contribution in [3.8, 4) is 0 Å². The Kier molecular flexibility index (Phi) is 8.17. The Morgan fingerprint density at radius 3 is 2.81 bits per heavy atom. The number of aromatic nitrogens is 1. The number of hydrogen-bond acceptors (Lipinski definition) is 9. The number of carbonyl (C=O) groups excluding carboxylic acids is 1. The minimum atomic E-state index is -3.32. The van der Waals surface area contributed by atoms with Crippen molar-refractivity contribution in [1.82, 2.24) is 15.2 Å². The van der Waals surface area contributed by atoms with Gasteiger partial charge in [-0.15, -0.1) is 11.3 Å². The van der Waals surface area contributed by atoms with E-state index in [0.717, 1.165) is 6.07 Å². The third kappa shape index (κ3) is 6.12. The van der Waals surface area contributed by atoms with Crippen LogP contribution in [0.2, 0.25) is 5.02 Å². The average molecular weight is 559 g/mol. The molecule has 0 bridgehead atoms. The van der Waals surface area contributed by atoms with Gasteiger partial charge in [0.05, 0.1) is 18.7 Å². The molecule has 3 heterocycles. The fourth-order valence-electron chi connectivity index (χ4n) is 4.09. The van der Waals surface area contributed by atoms with E-state index in [2.05, 4.69) is 15.3 Å². The van der Waals surface area contributed by atoms with Crippen LogP contribution in [0.15, 0.2) is 46.0 Å². The Hall–Kier alpha value is -3.00. The van der Waals surface area contributed by atoms with Gasteiger partial charge in [0.25, 0.3) is 5.92 Å². The van der Waals surface area contributed by atoms with Crippen molar-refractivity contribution in [3.63, 3.8) is 0 Å². The molecule has 2 atom stereocenters. The van der Waals surface area contributed by atoms with E-state index in [1.54, 1.807) is 18.5 Å². The van der Waals surface area contributed by atoms with Crippen LogP contribution in [-0.2, 0) is 19.1 Å². The molecule has 1 saturated heterocycles. The smallest absolute Gasteiger partial charge is 0.338 e. The number of carboxylic acids is 1. The molecule has 0 saturated carbocycles. The first kappa shape index (κ1) is 27.0. The predicted octanol–water partition coefficient (Wildman–Crippen LogP) is 3.26. The Morgan fingerprint density at radius 2 is 2.16 bits per heavy atom. The topological polar surface area (TPSA) is 113 Å². The minimum absolute atomic E-state index is 0.0186. The number of hydrogen-bond donors (Lipinski definition) is 2. The van der Waals surface area contributed by atoms with Gasteiger partial charge in [0.1, 0.15) is 24.6 Å². The summed E-state index contributed by atoms with van der Waals surface area (Å²) in [4.78, 5) is 34.1. The van der Waals surface area contributed by atoms with Crippen LogP contribution < -0.4 is 5.32 Å². The van der Waals surface area contributed by atoms with Crippen molar-refractivity contribution in [2.45, 2.75) is 25.0 Å². The third-order valence-corrected chi connectivity index (χ3v) is 6.74. The highest BCUT2D eigenvalue weighted by molar-refractivity contribution is 7.11. The Balaban J connectivity index is 1.74. The number of nitrogens with one attached hydrogen (secondary N) is 1. The normalized spacial score (nSPS) is 21.5. The number of alkyl halides is 2. The maximum absolute atomic E-state index is 14.6. The third-order valence-electron chi connectivity index (χ3n) is 5.63. The first-order chi connectivity index (χ1) is 17.6. The lowest BCUT2D eigenvalue weighted by Crippen LogP contribution is -2.39. The second kappa shape index (κ2) is 11.2. The zero-order valence-corrected chi connectivity index (χ0v) is 21.0. The lowest BCUT2D eigenvalue weighted by molar-refractivity contribution is -0.152. The number of rotatable bonds is 9. The van der Waals surface area contributed by atoms with Crippen LogP contribution in [-0.4, -0.2) is 77.6 Å². The number of amidine groups is 1. The number of thiazole rings is 1. The van der Waals surface area contributed by atoms with Crippen LogP contribution in [0.25, 0.3) is 0 Å². The van der Waals surface area contributed by atoms with Gasteiger partial charge in [0.2, 0.25) is 0 Å². The van der Waals surface area contributed by atoms with E-state index < -0.39 is 49.0 Å². The number of likely N-dealkylation sites (tertiary alicyclic amines) is 1. The summed E-state index contributed by atoms with van der Waals surface area (Å²) in [6, 6.07) is 2.62. The van der Waals surface area contributed by atoms with Crippen LogP contribution in [0, 0.1) is 5.82 Å². The minimum Gasteiger partial charge on any atom is -0.480 e. The van der Waals surface area contributed by atoms with Crippen molar-refractivity contribution in [2.75, 3.05) is 32.8 Å². The molecular formula is C23H22ClF3N4O5S. The molecule has 2 aromatic rings. The predicted molar refractivity (Wildman–Crippen MR) is 128 cm³/mol. The van der Waals surface area contributed by atoms with E-state index in [1.165, 1.54) is 28.4 Å². The van der Waals surface area contributed by atoms with E-state index in [9.17, 15) is 22.8 Å². The Bertz CT molecular complexity index is 1240. The first-order valence-electron chi connectivity index (χ1n) is 11.1. The summed E-state index contributed by atoms with van der Waals surface area (Å²) >= 11 is 7.59. The van der Waals surface area contributed by atoms with Gasteiger partial charge in [-0.1, -0.05) is 17.7 Å². The number of esters is 1. The summed E-state index contributed by atoms with van der Waals surface area (Å²) in [5.74, 6) is -5.74. The summed E-state index contributed by atoms with van der Waals surface area (Å²) < 4.78 is 53.1. The number of carbonyl (C=O) groups is 2. The first-order valence-corrected chi connectivity index (χ1v) is 12.4. The van der Waals surface area contributed by atoms with Crippen molar-refractivity contribution in [2.24, 2.45) is 4.99 Å². The summed E-state index contributed by atoms with van der Waals surface area (Å²) in [6.07, 6.45) is -0.0898. The fraction of sp³-hybridized carbons (Fsp3) is 0.391. The summed E-state index contributed by atoms with van der Waals surface area (Å²) in [6.45, 7) is -0.400. The van der Waals surface area contributed by atoms with E-state index >= 15 is 0 Å². The molecule has 14 heteroatoms. The van der Waals surface area contributed by atoms with E-state index in [1.807, 2.05) is 0 Å². The van der Waals surface area contributed by atoms with Gasteiger partial charge in [0, 0.05) is 40.9 Å². The molecule has 0 aliphatic carbocycles. The quantitative estimate of drug-likeness (QED) is 0.451. The maximum Gasteiger partial charge on any atom is 0.338 e. The number of halogens is 4. The highest BCUT2D eigenvalue weighted by atomic mass is 35.5. The second-order valence-corrected chi connectivity index (χ2v) is 9.55. The molecule has 4 rings (SSSR count). The lowest BCUT2D eigenvalue weighted by atomic mass is 9.95. The second-order valence-electron chi connectivity index (χ2n) is 8.25. The number of carboxylic acid groups (broad SMARTS) is 1. The SMILES string of the molecule is CCOC(=O)C1=C(CN2CC(OCC(=O)O)C(F)(F)C2)NC(c2nccs2)=N[C@H]1c1ccc(F)cc1Cl. The van der Waals surface area contributed by atoms with Crippen LogP contribution in [0.3, 0.4) is 0 Å². The molecule has 2 N–H and O–H groups in total. The molecule has 37 heavy (non-hydrogen) atoms. The molecule has 0 amide bonds. The summed E-state index contributed by atoms with van der Waals surface area (Å²) in [5.41, 5.74) is 0.557. The monoisotopic (exact) mass is 558 g/mol. The molecule has 2 aliphatic heterocycles. The molecule has 1 aromatic heterocycles. The van der Waals surface area contributed by atoms with Crippen LogP contribution in [0.5, 0.6) is 0 Å². The van der Waals surface area contributed by atoms with Gasteiger partial charge in [-0.3, -0.25) is 9.89 Å². The number of benzene rings is 1. The van der Waals surface area contributed by atoms with Crippen molar-refractivity contribution >= 4 is 40.7 Å². The van der Waals surface area contributed by atoms with Gasteiger partial charge in [0.15, 0.2) is 10.8 Å². The maximum atomic E-state index is 14.6. The standard InChI is InChI=1S/C23H22ClF3N4O5S/c1-2-35-22(34)18-15(8-31-9-16(23(26,27)11-31)36-10-17(32)33)29-20(21-28-5-6-37-21)30-19(18)13-4-3-12(25)7-14(13)24/h3-7,16,19H,2,8-11H2,1H3,(H,29,30)(H,32,33)/t16?,19-/m0/s1. The van der Waals surface area contributed by atoms with Gasteiger partial charge in [-0.05, 0) is 19.1 Å². The molecular weight excluding hydrogens is 537 g/mol. The van der Waals surface area contributed by atoms with E-state index in [4.69, 9.17) is 26.2 Å². The van der Waals surface area contributed by atoms with Gasteiger partial charge in [-0.2, -0.15) is 0 Å². The van der Waals surface area contributed by atoms with E-state index in [-0.39, 0.29) is 41.8 Å². The molecule has 198 valence electrons. The lowest BCUT2D eigenvalue weighted by Gasteiger charge is -2.29. The average Bonchev–Trinajstić information content (AvgIpc) is 3.45. The molecule has 1 fully saturated rings. The van der Waals surface area contributed by atoms with Crippen molar-refractivity contribution in [1.29, 1.82) is 0 Å². The number of ether oxygens (including phenoxy) is 2. The number of aliphatic carboxylic acids is 1. The molecule has 2 aliphatic rings. The highest BCUT2D eigenvalue weighted by Gasteiger charge is 2.49. The van der Waals surface area contributed by atoms with Crippen molar-refractivity contribution in [3.05, 3.63) is 62.5 Å². The zero-order valence-electron chi connectivity index (χ0n) is 19.4. The number of nitrogens with zero attached hydrogens (tertiary/aromatic N) is 3. The molecule has 0 radical (unpaired) electrons. The summed E-state index contributed by atoms with van der Waals surface area (Å²) in [5, 5.41) is 14.0. The van der Waals surface area contributed by atoms with E-state index in [0.29, 0.717) is 10.6 Å². The van der Waals surface area contributed by atoms with Crippen molar-refractivity contribution < 1.29 is 37.3 Å². The Morgan fingerprint density at radius 1 is 1.38 bits per heavy atom. The van der Waals surface area contributed by atoms with Gasteiger partial charge in [-0.25, -0.2) is 27.7 Å². The molecule has 0 spiro atoms. The molecule has 9 nitrogen and oxygen atoms in total. The zero-order chi connectivity index (χ0) is 26.7. The van der Waals surface area contributed by atoms with Gasteiger partial charge >= 0.3 is 11.9 Å². The van der Waals surface area contributed by atoms with Crippen LogP contribution >= 0.6 is 22.9 Å². The fourth-order valence-corrected chi connectivity index (χ4v) is 4.95. The number of aliphatic imine (C=N–C) groups is 1.